The number of anilines is 1. The lowest BCUT2D eigenvalue weighted by Crippen LogP contribution is -2.15. The summed E-state index contributed by atoms with van der Waals surface area (Å²) in [5, 5.41) is 6.62. The molecule has 1 N–H and O–H groups in total. The van der Waals surface area contributed by atoms with E-state index in [4.69, 9.17) is 0 Å². The van der Waals surface area contributed by atoms with E-state index >= 15 is 0 Å². The molecule has 2 aromatic carbocycles. The molecule has 0 aliphatic carbocycles. The van der Waals surface area contributed by atoms with Gasteiger partial charge in [0.2, 0.25) is 5.91 Å². The molecular weight excluding hydrogens is 427 g/mol. The highest BCUT2D eigenvalue weighted by Crippen LogP contribution is 2.20. The third-order valence-electron chi connectivity index (χ3n) is 3.34. The van der Waals surface area contributed by atoms with Crippen LogP contribution in [0.4, 0.5) is 14.5 Å². The molecule has 4 nitrogen and oxygen atoms in total. The summed E-state index contributed by atoms with van der Waals surface area (Å²) in [5.41, 5.74) is 1.77. The molecule has 0 bridgehead atoms. The molecule has 7 heteroatoms. The van der Waals surface area contributed by atoms with Crippen molar-refractivity contribution >= 4 is 34.2 Å². The van der Waals surface area contributed by atoms with Crippen LogP contribution in [-0.2, 0) is 11.2 Å². The minimum Gasteiger partial charge on any atom is -0.326 e. The summed E-state index contributed by atoms with van der Waals surface area (Å²) in [4.78, 5) is 12.0. The monoisotopic (exact) mass is 439 g/mol. The summed E-state index contributed by atoms with van der Waals surface area (Å²) in [5.74, 6) is -1.74. The maximum Gasteiger partial charge on any atom is 0.228 e. The highest BCUT2D eigenvalue weighted by atomic mass is 127. The van der Waals surface area contributed by atoms with Crippen molar-refractivity contribution in [1.29, 1.82) is 0 Å². The number of carbonyl (C=O) groups is 1. The molecule has 0 radical (unpaired) electrons. The zero-order valence-electron chi connectivity index (χ0n) is 12.3. The quantitative estimate of drug-likeness (QED) is 0.495. The number of nitrogens with zero attached hydrogens (tertiary/aromatic N) is 2. The third kappa shape index (κ3) is 3.78. The molecule has 0 spiro atoms. The van der Waals surface area contributed by atoms with Crippen LogP contribution in [-0.4, -0.2) is 15.7 Å². The predicted molar refractivity (Wildman–Crippen MR) is 95.0 cm³/mol. The van der Waals surface area contributed by atoms with Gasteiger partial charge >= 0.3 is 0 Å². The number of amides is 1. The molecule has 24 heavy (non-hydrogen) atoms. The number of carbonyl (C=O) groups excluding carboxylic acids is 1. The zero-order valence-corrected chi connectivity index (χ0v) is 14.5. The minimum absolute atomic E-state index is 0.0974. The van der Waals surface area contributed by atoms with E-state index in [1.807, 2.05) is 36.5 Å². The molecular formula is C17H12F2IN3O. The first-order valence-corrected chi connectivity index (χ1v) is 8.14. The molecule has 1 aromatic heterocycles. The maximum atomic E-state index is 13.5. The fraction of sp³-hybridized carbons (Fsp3) is 0.0588. The summed E-state index contributed by atoms with van der Waals surface area (Å²) in [6, 6.07) is 11.3. The molecule has 0 unspecified atom stereocenters. The van der Waals surface area contributed by atoms with Gasteiger partial charge in [0.05, 0.1) is 15.7 Å². The molecule has 0 aliphatic heterocycles. The SMILES string of the molecule is O=C(Cc1ccc(-n2cccn2)cc1)Nc1cc(F)c(I)c(F)c1. The van der Waals surface area contributed by atoms with Crippen LogP contribution in [0.25, 0.3) is 5.69 Å². The Balaban J connectivity index is 1.67. The van der Waals surface area contributed by atoms with Crippen molar-refractivity contribution in [2.45, 2.75) is 6.42 Å². The Morgan fingerprint density at radius 3 is 2.42 bits per heavy atom. The Morgan fingerprint density at radius 1 is 1.17 bits per heavy atom. The van der Waals surface area contributed by atoms with Gasteiger partial charge in [0, 0.05) is 18.1 Å². The van der Waals surface area contributed by atoms with Gasteiger partial charge in [-0.15, -0.1) is 0 Å². The first-order valence-electron chi connectivity index (χ1n) is 7.06. The molecule has 0 saturated heterocycles. The van der Waals surface area contributed by atoms with Crippen LogP contribution < -0.4 is 5.32 Å². The van der Waals surface area contributed by atoms with E-state index in [1.54, 1.807) is 33.5 Å². The van der Waals surface area contributed by atoms with Crippen LogP contribution in [0, 0.1) is 15.2 Å². The summed E-state index contributed by atoms with van der Waals surface area (Å²) in [6.45, 7) is 0. The van der Waals surface area contributed by atoms with Crippen molar-refractivity contribution in [1.82, 2.24) is 9.78 Å². The van der Waals surface area contributed by atoms with Gasteiger partial charge in [-0.1, -0.05) is 12.1 Å². The Labute approximate surface area is 150 Å². The van der Waals surface area contributed by atoms with Crippen molar-refractivity contribution in [3.63, 3.8) is 0 Å². The van der Waals surface area contributed by atoms with Crippen LogP contribution in [0.5, 0.6) is 0 Å². The maximum absolute atomic E-state index is 13.5. The second-order valence-corrected chi connectivity index (χ2v) is 6.17. The van der Waals surface area contributed by atoms with Crippen LogP contribution in [0.15, 0.2) is 54.9 Å². The van der Waals surface area contributed by atoms with E-state index in [1.165, 1.54) is 0 Å². The number of rotatable bonds is 4. The van der Waals surface area contributed by atoms with Crippen molar-refractivity contribution in [2.75, 3.05) is 5.32 Å². The van der Waals surface area contributed by atoms with Crippen molar-refractivity contribution in [3.05, 3.63) is 75.6 Å². The summed E-state index contributed by atoms with van der Waals surface area (Å²) in [7, 11) is 0. The summed E-state index contributed by atoms with van der Waals surface area (Å²) in [6.07, 6.45) is 3.61. The van der Waals surface area contributed by atoms with E-state index < -0.39 is 11.6 Å². The van der Waals surface area contributed by atoms with Crippen molar-refractivity contribution in [2.24, 2.45) is 0 Å². The van der Waals surface area contributed by atoms with E-state index in [-0.39, 0.29) is 21.6 Å². The number of nitrogens with one attached hydrogen (secondary N) is 1. The van der Waals surface area contributed by atoms with Gasteiger partial charge in [-0.3, -0.25) is 4.79 Å². The van der Waals surface area contributed by atoms with Gasteiger partial charge in [0.1, 0.15) is 11.6 Å². The van der Waals surface area contributed by atoms with E-state index in [0.717, 1.165) is 23.4 Å². The second kappa shape index (κ2) is 7.08. The van der Waals surface area contributed by atoms with Crippen LogP contribution >= 0.6 is 22.6 Å². The zero-order chi connectivity index (χ0) is 17.1. The Hall–Kier alpha value is -2.29. The first-order chi connectivity index (χ1) is 11.5. The van der Waals surface area contributed by atoms with E-state index in [9.17, 15) is 13.6 Å². The molecule has 0 aliphatic rings. The molecule has 3 rings (SSSR count). The molecule has 0 saturated carbocycles. The summed E-state index contributed by atoms with van der Waals surface area (Å²) >= 11 is 1.58. The fourth-order valence-electron chi connectivity index (χ4n) is 2.21. The Bertz CT molecular complexity index is 841. The number of hydrogen-bond acceptors (Lipinski definition) is 2. The number of halogens is 3. The molecule has 1 heterocycles. The van der Waals surface area contributed by atoms with Crippen LogP contribution in [0.1, 0.15) is 5.56 Å². The Kier molecular flexibility index (Phi) is 4.89. The topological polar surface area (TPSA) is 46.9 Å². The molecule has 122 valence electrons. The molecule has 1 amide bonds. The lowest BCUT2D eigenvalue weighted by Gasteiger charge is -2.08. The van der Waals surface area contributed by atoms with Crippen molar-refractivity contribution in [3.8, 4) is 5.69 Å². The number of benzene rings is 2. The van der Waals surface area contributed by atoms with Gasteiger partial charge in [-0.05, 0) is 58.5 Å². The molecule has 0 atom stereocenters. The number of aromatic nitrogens is 2. The summed E-state index contributed by atoms with van der Waals surface area (Å²) < 4.78 is 28.6. The highest BCUT2D eigenvalue weighted by Gasteiger charge is 2.11. The molecule has 3 aromatic rings. The number of hydrogen-bond donors (Lipinski definition) is 1. The second-order valence-electron chi connectivity index (χ2n) is 5.10. The smallest absolute Gasteiger partial charge is 0.228 e. The first kappa shape index (κ1) is 16.6. The fourth-order valence-corrected chi connectivity index (χ4v) is 2.52. The van der Waals surface area contributed by atoms with Gasteiger partial charge in [0.25, 0.3) is 0 Å². The largest absolute Gasteiger partial charge is 0.326 e. The predicted octanol–water partition coefficient (Wildman–Crippen LogP) is 3.94. The highest BCUT2D eigenvalue weighted by molar-refractivity contribution is 14.1. The van der Waals surface area contributed by atoms with E-state index in [0.29, 0.717) is 0 Å². The third-order valence-corrected chi connectivity index (χ3v) is 4.37. The van der Waals surface area contributed by atoms with E-state index in [2.05, 4.69) is 10.4 Å². The van der Waals surface area contributed by atoms with Gasteiger partial charge in [-0.2, -0.15) is 5.10 Å². The average molecular weight is 439 g/mol. The standard InChI is InChI=1S/C17H12F2IN3O/c18-14-9-12(10-15(19)17(14)20)22-16(24)8-11-2-4-13(5-3-11)23-7-1-6-21-23/h1-7,9-10H,8H2,(H,22,24). The van der Waals surface area contributed by atoms with Crippen molar-refractivity contribution < 1.29 is 13.6 Å². The average Bonchev–Trinajstić information content (AvgIpc) is 3.07. The van der Waals surface area contributed by atoms with Gasteiger partial charge in [-0.25, -0.2) is 13.5 Å². The van der Waals surface area contributed by atoms with Gasteiger partial charge in [0.15, 0.2) is 0 Å². The normalized spacial score (nSPS) is 10.6. The van der Waals surface area contributed by atoms with Gasteiger partial charge < -0.3 is 5.32 Å². The minimum atomic E-state index is -0.700. The lowest BCUT2D eigenvalue weighted by atomic mass is 10.1. The van der Waals surface area contributed by atoms with Crippen LogP contribution in [0.3, 0.4) is 0 Å². The van der Waals surface area contributed by atoms with Crippen LogP contribution in [0.2, 0.25) is 0 Å². The molecule has 0 fully saturated rings. The lowest BCUT2D eigenvalue weighted by molar-refractivity contribution is -0.115. The Morgan fingerprint density at radius 2 is 1.83 bits per heavy atom.